The minimum Gasteiger partial charge on any atom is -0.522 e. The summed E-state index contributed by atoms with van der Waals surface area (Å²) in [5, 5.41) is 2.13. The van der Waals surface area contributed by atoms with Crippen molar-refractivity contribution in [2.75, 3.05) is 0 Å². The first kappa shape index (κ1) is 34.2. The van der Waals surface area contributed by atoms with E-state index in [-0.39, 0.29) is 26.5 Å². The third kappa shape index (κ3) is 8.09. The number of ether oxygens (including phenoxy) is 1. The van der Waals surface area contributed by atoms with Gasteiger partial charge in [-0.2, -0.15) is 18.2 Å². The predicted molar refractivity (Wildman–Crippen MR) is 223 cm³/mol. The van der Waals surface area contributed by atoms with Crippen LogP contribution in [0, 0.1) is 29.3 Å². The molecule has 0 aliphatic heterocycles. The molecule has 0 N–H and O–H groups in total. The van der Waals surface area contributed by atoms with Crippen LogP contribution in [0.25, 0.3) is 50.2 Å². The standard InChI is InChI=1S/C49H49N5O.Pt/c1-47(2,3)30-33-24-34(31-48(4,5)6)26-36(25-33)52-32-53(43-17-13-12-16-42(43)52)45-29-38(21-23-50-45)55-37-18-19-40-39-14-10-11-15-41(39)54(44(40)28-37)46-27-35(20-22-51-46)49(7,8)9;/h10-27H,30-31H2,1-9H3;/q-2;/i30D2,31D2;. The van der Waals surface area contributed by atoms with Crippen LogP contribution < -0.4 is 9.30 Å². The Hall–Kier alpha value is -5.06. The van der Waals surface area contributed by atoms with Crippen molar-refractivity contribution in [1.29, 1.82) is 0 Å². The van der Waals surface area contributed by atoms with Gasteiger partial charge in [0.15, 0.2) is 0 Å². The smallest absolute Gasteiger partial charge is 0.269 e. The Balaban J connectivity index is 0.00000544. The van der Waals surface area contributed by atoms with Crippen LogP contribution in [0.5, 0.6) is 11.5 Å². The van der Waals surface area contributed by atoms with Gasteiger partial charge in [-0.1, -0.05) is 134 Å². The van der Waals surface area contributed by atoms with Crippen LogP contribution >= 0.6 is 0 Å². The van der Waals surface area contributed by atoms with Gasteiger partial charge in [0.1, 0.15) is 5.82 Å². The van der Waals surface area contributed by atoms with Gasteiger partial charge in [0, 0.05) is 44.0 Å². The summed E-state index contributed by atoms with van der Waals surface area (Å²) in [6, 6.07) is 38.2. The van der Waals surface area contributed by atoms with Crippen molar-refractivity contribution < 1.29 is 35.9 Å². The summed E-state index contributed by atoms with van der Waals surface area (Å²) in [4.78, 5) is 9.49. The van der Waals surface area contributed by atoms with Crippen molar-refractivity contribution in [3.05, 3.63) is 145 Å². The van der Waals surface area contributed by atoms with Gasteiger partial charge in [-0.25, -0.2) is 4.98 Å². The number of hydrogen-bond acceptors (Lipinski definition) is 3. The Morgan fingerprint density at radius 2 is 1.32 bits per heavy atom. The molecule has 0 saturated heterocycles. The summed E-state index contributed by atoms with van der Waals surface area (Å²) in [7, 11) is 0. The molecule has 0 fully saturated rings. The summed E-state index contributed by atoms with van der Waals surface area (Å²) in [5.41, 5.74) is 4.41. The predicted octanol–water partition coefficient (Wildman–Crippen LogP) is 11.5. The Kier molecular flexibility index (Phi) is 9.03. The molecule has 0 aliphatic rings. The molecule has 4 aromatic heterocycles. The minimum absolute atomic E-state index is 0. The van der Waals surface area contributed by atoms with E-state index in [2.05, 4.69) is 79.1 Å². The molecule has 0 atom stereocenters. The number of fused-ring (bicyclic) bond motifs is 4. The van der Waals surface area contributed by atoms with Crippen LogP contribution in [0.1, 0.15) is 84.5 Å². The number of rotatable bonds is 7. The first-order chi connectivity index (χ1) is 27.6. The first-order valence-corrected chi connectivity index (χ1v) is 18.8. The minimum atomic E-state index is -1.77. The quantitative estimate of drug-likeness (QED) is 0.118. The second-order valence-corrected chi connectivity index (χ2v) is 17.2. The SMILES string of the molecule is [2H]C([2H])(c1cc(-[n+]2[c-]n(-c3[c-]c(Oc4[c-]c5c(cc4)c4ccccc4n5-c4cc(C(C)(C)C)ccn4)ccn3)c3ccccc32)cc(C([2H])([2H])C(C)(C)C)c1)C(C)(C)C.[Pt]. The Morgan fingerprint density at radius 3 is 2.02 bits per heavy atom. The van der Waals surface area contributed by atoms with Gasteiger partial charge in [-0.3, -0.25) is 14.1 Å². The van der Waals surface area contributed by atoms with Crippen molar-refractivity contribution in [3.8, 4) is 28.8 Å². The summed E-state index contributed by atoms with van der Waals surface area (Å²) < 4.78 is 49.0. The molecule has 0 saturated carbocycles. The number of pyridine rings is 2. The van der Waals surface area contributed by atoms with Crippen molar-refractivity contribution in [3.63, 3.8) is 0 Å². The second kappa shape index (κ2) is 14.8. The molecular weight excluding hydrogens is 870 g/mol. The van der Waals surface area contributed by atoms with Crippen LogP contribution in [0.15, 0.2) is 109 Å². The number of hydrogen-bond donors (Lipinski definition) is 0. The molecule has 0 unspecified atom stereocenters. The average Bonchev–Trinajstić information content (AvgIpc) is 3.73. The van der Waals surface area contributed by atoms with Gasteiger partial charge in [0.2, 0.25) is 0 Å². The topological polar surface area (TPSA) is 48.8 Å². The van der Waals surface area contributed by atoms with E-state index in [9.17, 15) is 5.48 Å². The van der Waals surface area contributed by atoms with E-state index in [1.54, 1.807) is 35.0 Å². The third-order valence-electron chi connectivity index (χ3n) is 9.27. The average molecular weight is 923 g/mol. The monoisotopic (exact) mass is 922 g/mol. The third-order valence-corrected chi connectivity index (χ3v) is 9.27. The number of aromatic nitrogens is 5. The fourth-order valence-electron chi connectivity index (χ4n) is 6.99. The van der Waals surface area contributed by atoms with Gasteiger partial charge >= 0.3 is 0 Å². The fraction of sp³-hybridized carbons (Fsp3) is 0.286. The maximum absolute atomic E-state index is 9.20. The van der Waals surface area contributed by atoms with E-state index in [0.29, 0.717) is 34.1 Å². The van der Waals surface area contributed by atoms with E-state index >= 15 is 0 Å². The molecule has 6 nitrogen and oxygen atoms in total. The summed E-state index contributed by atoms with van der Waals surface area (Å²) >= 11 is 0. The Bertz CT molecular complexity index is 2850. The number of imidazole rings is 1. The van der Waals surface area contributed by atoms with Crippen LogP contribution in [0.2, 0.25) is 0 Å². The molecule has 4 heterocycles. The van der Waals surface area contributed by atoms with Crippen molar-refractivity contribution >= 4 is 32.8 Å². The van der Waals surface area contributed by atoms with Crippen molar-refractivity contribution in [2.24, 2.45) is 10.8 Å². The normalized spacial score (nSPS) is 13.9. The maximum Gasteiger partial charge on any atom is 0.269 e. The molecule has 8 rings (SSSR count). The molecule has 0 spiro atoms. The molecule has 0 aliphatic carbocycles. The zero-order valence-corrected chi connectivity index (χ0v) is 35.6. The summed E-state index contributed by atoms with van der Waals surface area (Å²) in [6.07, 6.45) is 3.43. The van der Waals surface area contributed by atoms with Gasteiger partial charge < -0.3 is 9.30 Å². The van der Waals surface area contributed by atoms with Crippen LogP contribution in [-0.2, 0) is 39.2 Å². The first-order valence-electron chi connectivity index (χ1n) is 20.8. The fourth-order valence-corrected chi connectivity index (χ4v) is 6.99. The molecule has 56 heavy (non-hydrogen) atoms. The second-order valence-electron chi connectivity index (χ2n) is 17.2. The van der Waals surface area contributed by atoms with E-state index in [4.69, 9.17) is 9.72 Å². The van der Waals surface area contributed by atoms with Gasteiger partial charge in [-0.05, 0) is 76.0 Å². The largest absolute Gasteiger partial charge is 0.522 e. The molecule has 7 heteroatoms. The molecule has 4 aromatic carbocycles. The molecule has 0 bridgehead atoms. The molecule has 0 radical (unpaired) electrons. The van der Waals surface area contributed by atoms with Crippen LogP contribution in [-0.4, -0.2) is 19.1 Å². The zero-order valence-electron chi connectivity index (χ0n) is 37.4. The molecular formula is C49H49N5OPt-2. The van der Waals surface area contributed by atoms with Crippen molar-refractivity contribution in [1.82, 2.24) is 19.1 Å². The maximum atomic E-state index is 9.20. The number of benzene rings is 4. The van der Waals surface area contributed by atoms with Gasteiger partial charge in [0.05, 0.1) is 22.5 Å². The van der Waals surface area contributed by atoms with Crippen LogP contribution in [0.4, 0.5) is 0 Å². The molecule has 8 aromatic rings. The summed E-state index contributed by atoms with van der Waals surface area (Å²) in [5.74, 6) is 2.17. The zero-order chi connectivity index (χ0) is 42.3. The number of nitrogens with zero attached hydrogens (tertiary/aromatic N) is 5. The van der Waals surface area contributed by atoms with E-state index in [1.807, 2.05) is 94.8 Å². The molecule has 288 valence electrons. The summed E-state index contributed by atoms with van der Waals surface area (Å²) in [6.45, 7) is 17.7. The van der Waals surface area contributed by atoms with Crippen molar-refractivity contribution in [2.45, 2.75) is 80.5 Å². The van der Waals surface area contributed by atoms with E-state index < -0.39 is 23.6 Å². The van der Waals surface area contributed by atoms with E-state index in [1.165, 1.54) is 5.56 Å². The van der Waals surface area contributed by atoms with Gasteiger partial charge in [0.25, 0.3) is 6.33 Å². The van der Waals surface area contributed by atoms with E-state index in [0.717, 1.165) is 38.7 Å². The Morgan fingerprint density at radius 1 is 0.679 bits per heavy atom. The Labute approximate surface area is 351 Å². The number of para-hydroxylation sites is 3. The van der Waals surface area contributed by atoms with Crippen LogP contribution in [0.3, 0.4) is 0 Å². The molecule has 0 amide bonds. The van der Waals surface area contributed by atoms with Gasteiger partial charge in [-0.15, -0.1) is 17.5 Å².